The van der Waals surface area contributed by atoms with E-state index in [1.807, 2.05) is 0 Å². The molecule has 0 saturated carbocycles. The first-order chi connectivity index (χ1) is 3.30. The maximum atomic E-state index is 4.81. The summed E-state index contributed by atoms with van der Waals surface area (Å²) in [5.74, 6) is 0. The summed E-state index contributed by atoms with van der Waals surface area (Å²) in [4.78, 5) is 0. The summed E-state index contributed by atoms with van der Waals surface area (Å²) in [6.45, 7) is 7.42. The van der Waals surface area contributed by atoms with Gasteiger partial charge in [0.2, 0.25) is 0 Å². The van der Waals surface area contributed by atoms with E-state index in [9.17, 15) is 0 Å². The molecule has 1 fully saturated rings. The van der Waals surface area contributed by atoms with E-state index in [-0.39, 0.29) is 6.29 Å². The van der Waals surface area contributed by atoms with Gasteiger partial charge in [-0.15, -0.1) is 0 Å². The fourth-order valence-electron chi connectivity index (χ4n) is 0.372. The quantitative estimate of drug-likeness (QED) is 0.482. The number of ether oxygens (including phenoxy) is 2. The smallest absolute Gasteiger partial charge is 0.185 e. The summed E-state index contributed by atoms with van der Waals surface area (Å²) in [7, 11) is 0. The molecule has 39 valence electrons. The van der Waals surface area contributed by atoms with Crippen LogP contribution in [0.25, 0.3) is 0 Å². The summed E-state index contributed by atoms with van der Waals surface area (Å²) in [5, 5.41) is 0. The normalized spacial score (nSPS) is 21.3. The molecular formula is C5H7O2. The van der Waals surface area contributed by atoms with Crippen LogP contribution in [0.1, 0.15) is 0 Å². The molecule has 0 unspecified atom stereocenters. The van der Waals surface area contributed by atoms with Crippen molar-refractivity contribution in [2.45, 2.75) is 6.29 Å². The van der Waals surface area contributed by atoms with Gasteiger partial charge in [-0.1, -0.05) is 6.58 Å². The molecule has 1 aliphatic heterocycles. The van der Waals surface area contributed by atoms with E-state index in [0.29, 0.717) is 12.4 Å². The molecule has 1 radical (unpaired) electrons. The van der Waals surface area contributed by atoms with Crippen LogP contribution < -0.4 is 0 Å². The molecule has 0 aromatic carbocycles. The zero-order chi connectivity index (χ0) is 5.28. The standard InChI is InChI=1S/C5H7O2/c1-4(2)5-6-3-7-5/h5H,1-3H2. The fourth-order valence-corrected chi connectivity index (χ4v) is 0.372. The van der Waals surface area contributed by atoms with E-state index in [1.54, 1.807) is 0 Å². The molecule has 7 heavy (non-hydrogen) atoms. The molecule has 0 N–H and O–H groups in total. The van der Waals surface area contributed by atoms with E-state index < -0.39 is 0 Å². The van der Waals surface area contributed by atoms with Crippen molar-refractivity contribution < 1.29 is 9.47 Å². The largest absolute Gasteiger partial charge is 0.322 e. The minimum atomic E-state index is -0.222. The number of hydrogen-bond donors (Lipinski definition) is 0. The van der Waals surface area contributed by atoms with Crippen molar-refractivity contribution in [2.75, 3.05) is 6.79 Å². The van der Waals surface area contributed by atoms with Gasteiger partial charge in [-0.3, -0.25) is 0 Å². The molecule has 1 aliphatic rings. The van der Waals surface area contributed by atoms with Crippen molar-refractivity contribution in [1.29, 1.82) is 0 Å². The SMILES string of the molecule is [CH2]C(=C)C1OCO1. The predicted molar refractivity (Wildman–Crippen MR) is 25.3 cm³/mol. The highest BCUT2D eigenvalue weighted by molar-refractivity contribution is 5.02. The van der Waals surface area contributed by atoms with Crippen LogP contribution >= 0.6 is 0 Å². The molecule has 0 aromatic rings. The molecule has 1 heterocycles. The molecule has 0 aromatic heterocycles. The summed E-state index contributed by atoms with van der Waals surface area (Å²) in [6, 6.07) is 0. The van der Waals surface area contributed by atoms with Gasteiger partial charge in [0.1, 0.15) is 0 Å². The second-order valence-corrected chi connectivity index (χ2v) is 1.44. The molecule has 1 saturated heterocycles. The van der Waals surface area contributed by atoms with Gasteiger partial charge < -0.3 is 9.47 Å². The Balaban J connectivity index is 2.27. The Morgan fingerprint density at radius 2 is 2.14 bits per heavy atom. The average molecular weight is 99.1 g/mol. The lowest BCUT2D eigenvalue weighted by atomic mass is 10.3. The minimum absolute atomic E-state index is 0.222. The second-order valence-electron chi connectivity index (χ2n) is 1.44. The third-order valence-corrected chi connectivity index (χ3v) is 0.772. The first-order valence-corrected chi connectivity index (χ1v) is 2.04. The minimum Gasteiger partial charge on any atom is -0.322 e. The van der Waals surface area contributed by atoms with E-state index in [1.165, 1.54) is 0 Å². The molecule has 1 rings (SSSR count). The molecule has 2 heteroatoms. The van der Waals surface area contributed by atoms with Crippen LogP contribution in [0.4, 0.5) is 0 Å². The van der Waals surface area contributed by atoms with Gasteiger partial charge in [0, 0.05) is 0 Å². The Kier molecular flexibility index (Phi) is 1.13. The summed E-state index contributed by atoms with van der Waals surface area (Å²) >= 11 is 0. The van der Waals surface area contributed by atoms with Crippen LogP contribution in [0.15, 0.2) is 12.2 Å². The van der Waals surface area contributed by atoms with Crippen LogP contribution in [0.5, 0.6) is 0 Å². The average Bonchev–Trinajstić information content (AvgIpc) is 1.23. The number of hydrogen-bond acceptors (Lipinski definition) is 2. The van der Waals surface area contributed by atoms with Gasteiger partial charge in [-0.2, -0.15) is 0 Å². The van der Waals surface area contributed by atoms with Crippen molar-refractivity contribution in [1.82, 2.24) is 0 Å². The lowest BCUT2D eigenvalue weighted by molar-refractivity contribution is -0.299. The molecule has 0 bridgehead atoms. The van der Waals surface area contributed by atoms with Crippen LogP contribution in [0.2, 0.25) is 0 Å². The third-order valence-electron chi connectivity index (χ3n) is 0.772. The highest BCUT2D eigenvalue weighted by Crippen LogP contribution is 2.12. The van der Waals surface area contributed by atoms with E-state index in [4.69, 9.17) is 9.47 Å². The van der Waals surface area contributed by atoms with Crippen molar-refractivity contribution in [2.24, 2.45) is 0 Å². The Morgan fingerprint density at radius 3 is 2.14 bits per heavy atom. The van der Waals surface area contributed by atoms with Gasteiger partial charge >= 0.3 is 0 Å². The molecule has 0 spiro atoms. The number of rotatable bonds is 1. The van der Waals surface area contributed by atoms with Crippen LogP contribution in [-0.4, -0.2) is 13.1 Å². The third kappa shape index (κ3) is 0.813. The van der Waals surface area contributed by atoms with Crippen LogP contribution in [-0.2, 0) is 9.47 Å². The van der Waals surface area contributed by atoms with Gasteiger partial charge in [-0.05, 0) is 12.5 Å². The van der Waals surface area contributed by atoms with Crippen LogP contribution in [0.3, 0.4) is 0 Å². The molecule has 0 amide bonds. The topological polar surface area (TPSA) is 18.5 Å². The van der Waals surface area contributed by atoms with Crippen molar-refractivity contribution in [3.05, 3.63) is 19.1 Å². The first-order valence-electron chi connectivity index (χ1n) is 2.04. The zero-order valence-corrected chi connectivity index (χ0v) is 4.02. The first kappa shape index (κ1) is 4.81. The van der Waals surface area contributed by atoms with Crippen molar-refractivity contribution >= 4 is 0 Å². The van der Waals surface area contributed by atoms with Gasteiger partial charge in [0.05, 0.1) is 0 Å². The monoisotopic (exact) mass is 99.0 g/mol. The predicted octanol–water partition coefficient (Wildman–Crippen LogP) is 0.707. The Labute approximate surface area is 42.7 Å². The Hall–Kier alpha value is -0.340. The van der Waals surface area contributed by atoms with Gasteiger partial charge in [0.25, 0.3) is 0 Å². The van der Waals surface area contributed by atoms with Gasteiger partial charge in [0.15, 0.2) is 13.1 Å². The second kappa shape index (κ2) is 1.64. The van der Waals surface area contributed by atoms with Crippen molar-refractivity contribution in [3.8, 4) is 0 Å². The highest BCUT2D eigenvalue weighted by atomic mass is 16.8. The molecule has 2 nitrogen and oxygen atoms in total. The van der Waals surface area contributed by atoms with E-state index >= 15 is 0 Å². The Morgan fingerprint density at radius 1 is 1.57 bits per heavy atom. The van der Waals surface area contributed by atoms with Crippen molar-refractivity contribution in [3.63, 3.8) is 0 Å². The highest BCUT2D eigenvalue weighted by Gasteiger charge is 2.18. The molecule has 0 atom stereocenters. The Bertz CT molecular complexity index is 84.1. The van der Waals surface area contributed by atoms with E-state index in [2.05, 4.69) is 13.5 Å². The lowest BCUT2D eigenvalue weighted by Gasteiger charge is -2.26. The van der Waals surface area contributed by atoms with E-state index in [0.717, 1.165) is 0 Å². The van der Waals surface area contributed by atoms with Gasteiger partial charge in [-0.25, -0.2) is 0 Å². The molecular weight excluding hydrogens is 92.1 g/mol. The lowest BCUT2D eigenvalue weighted by Crippen LogP contribution is -2.30. The van der Waals surface area contributed by atoms with Crippen LogP contribution in [0, 0.1) is 6.92 Å². The maximum Gasteiger partial charge on any atom is 0.185 e. The summed E-state index contributed by atoms with van der Waals surface area (Å²) in [5.41, 5.74) is 0.686. The summed E-state index contributed by atoms with van der Waals surface area (Å²) < 4.78 is 9.62. The molecule has 0 aliphatic carbocycles. The fraction of sp³-hybridized carbons (Fsp3) is 0.400. The summed E-state index contributed by atoms with van der Waals surface area (Å²) in [6.07, 6.45) is -0.222. The zero-order valence-electron chi connectivity index (χ0n) is 4.02. The maximum absolute atomic E-state index is 4.81.